The predicted octanol–water partition coefficient (Wildman–Crippen LogP) is 8.95. The summed E-state index contributed by atoms with van der Waals surface area (Å²) in [4.78, 5) is 7.19. The van der Waals surface area contributed by atoms with Crippen LogP contribution in [0.25, 0.3) is 0 Å². The maximum atomic E-state index is 10.0. The standard InChI is InChI=1S/C37H34N2O2/c1-27(2)37(40)41-35-24-22-34(23-25-35)39(32-18-14-28(3)15-19-32)33-20-16-29(17-21-33)26-38-36(30-10-6-4-7-11-30)31-12-8-5-9-13-31/h4-26,36-37,40H,1H2,2-3H3. The van der Waals surface area contributed by atoms with Gasteiger partial charge in [0.1, 0.15) is 5.75 Å². The molecule has 0 aromatic heterocycles. The van der Waals surface area contributed by atoms with Crippen molar-refractivity contribution in [1.82, 2.24) is 0 Å². The van der Waals surface area contributed by atoms with Crippen LogP contribution in [0.5, 0.6) is 5.75 Å². The summed E-state index contributed by atoms with van der Waals surface area (Å²) >= 11 is 0. The molecule has 0 heterocycles. The first kappa shape index (κ1) is 27.6. The molecular formula is C37H34N2O2. The molecule has 1 N–H and O–H groups in total. The van der Waals surface area contributed by atoms with Crippen LogP contribution >= 0.6 is 0 Å². The molecule has 4 heteroatoms. The Morgan fingerprint density at radius 1 is 0.707 bits per heavy atom. The maximum Gasteiger partial charge on any atom is 0.219 e. The van der Waals surface area contributed by atoms with Gasteiger partial charge < -0.3 is 14.7 Å². The van der Waals surface area contributed by atoms with Gasteiger partial charge in [-0.25, -0.2) is 0 Å². The van der Waals surface area contributed by atoms with E-state index in [9.17, 15) is 5.11 Å². The molecule has 5 aromatic rings. The van der Waals surface area contributed by atoms with E-state index in [-0.39, 0.29) is 6.04 Å². The first-order valence-corrected chi connectivity index (χ1v) is 13.7. The molecule has 0 aliphatic carbocycles. The quantitative estimate of drug-likeness (QED) is 0.110. The Balaban J connectivity index is 1.43. The summed E-state index contributed by atoms with van der Waals surface area (Å²) in [5, 5.41) is 10.0. The van der Waals surface area contributed by atoms with Crippen molar-refractivity contribution in [1.29, 1.82) is 0 Å². The lowest BCUT2D eigenvalue weighted by molar-refractivity contribution is 0.0151. The minimum atomic E-state index is -1.04. The average molecular weight is 539 g/mol. The molecular weight excluding hydrogens is 504 g/mol. The SMILES string of the molecule is C=C(C)C(O)Oc1ccc(N(c2ccc(C)cc2)c2ccc(C=NC(c3ccccc3)c3ccccc3)cc2)cc1. The highest BCUT2D eigenvalue weighted by Crippen LogP contribution is 2.36. The number of aliphatic hydroxyl groups is 1. The van der Waals surface area contributed by atoms with Crippen LogP contribution < -0.4 is 9.64 Å². The van der Waals surface area contributed by atoms with Crippen LogP contribution in [-0.2, 0) is 0 Å². The zero-order valence-corrected chi connectivity index (χ0v) is 23.4. The number of nitrogens with zero attached hydrogens (tertiary/aromatic N) is 2. The molecule has 0 saturated heterocycles. The van der Waals surface area contributed by atoms with Crippen LogP contribution in [-0.4, -0.2) is 17.6 Å². The third-order valence-corrected chi connectivity index (χ3v) is 6.81. The smallest absolute Gasteiger partial charge is 0.219 e. The van der Waals surface area contributed by atoms with Gasteiger partial charge in [0.25, 0.3) is 0 Å². The minimum absolute atomic E-state index is 0.0785. The van der Waals surface area contributed by atoms with Gasteiger partial charge in [-0.3, -0.25) is 4.99 Å². The Morgan fingerprint density at radius 2 is 1.17 bits per heavy atom. The van der Waals surface area contributed by atoms with E-state index in [0.717, 1.165) is 33.8 Å². The highest BCUT2D eigenvalue weighted by Gasteiger charge is 2.14. The van der Waals surface area contributed by atoms with Gasteiger partial charge in [-0.2, -0.15) is 0 Å². The first-order chi connectivity index (χ1) is 20.0. The van der Waals surface area contributed by atoms with Crippen molar-refractivity contribution in [2.24, 2.45) is 4.99 Å². The summed E-state index contributed by atoms with van der Waals surface area (Å²) in [5.41, 5.74) is 8.11. The second-order valence-corrected chi connectivity index (χ2v) is 10.1. The van der Waals surface area contributed by atoms with Crippen molar-refractivity contribution in [3.63, 3.8) is 0 Å². The molecule has 5 rings (SSSR count). The normalized spacial score (nSPS) is 11.9. The van der Waals surface area contributed by atoms with Gasteiger partial charge in [0.15, 0.2) is 0 Å². The highest BCUT2D eigenvalue weighted by atomic mass is 16.6. The number of ether oxygens (including phenoxy) is 1. The third kappa shape index (κ3) is 6.99. The number of aryl methyl sites for hydroxylation is 1. The maximum absolute atomic E-state index is 10.0. The molecule has 5 aromatic carbocycles. The fourth-order valence-corrected chi connectivity index (χ4v) is 4.55. The minimum Gasteiger partial charge on any atom is -0.461 e. The fourth-order valence-electron chi connectivity index (χ4n) is 4.55. The molecule has 1 unspecified atom stereocenters. The molecule has 4 nitrogen and oxygen atoms in total. The van der Waals surface area contributed by atoms with Crippen LogP contribution in [0, 0.1) is 6.92 Å². The topological polar surface area (TPSA) is 45.1 Å². The zero-order valence-electron chi connectivity index (χ0n) is 23.4. The van der Waals surface area contributed by atoms with Crippen molar-refractivity contribution in [3.8, 4) is 5.75 Å². The van der Waals surface area contributed by atoms with Gasteiger partial charge in [-0.1, -0.05) is 97.1 Å². The number of rotatable bonds is 10. The number of benzene rings is 5. The summed E-state index contributed by atoms with van der Waals surface area (Å²) in [5.74, 6) is 0.575. The summed E-state index contributed by atoms with van der Waals surface area (Å²) in [6.45, 7) is 7.57. The molecule has 0 radical (unpaired) electrons. The second-order valence-electron chi connectivity index (χ2n) is 10.1. The Hall–Kier alpha value is -4.93. The number of anilines is 3. The van der Waals surface area contributed by atoms with E-state index in [1.54, 1.807) is 6.92 Å². The number of hydrogen-bond donors (Lipinski definition) is 1. The zero-order chi connectivity index (χ0) is 28.6. The average Bonchev–Trinajstić information content (AvgIpc) is 3.01. The first-order valence-electron chi connectivity index (χ1n) is 13.7. The summed E-state index contributed by atoms with van der Waals surface area (Å²) in [6, 6.07) is 45.2. The van der Waals surface area contributed by atoms with Crippen LogP contribution in [0.3, 0.4) is 0 Å². The highest BCUT2D eigenvalue weighted by molar-refractivity contribution is 5.83. The second kappa shape index (κ2) is 12.9. The van der Waals surface area contributed by atoms with E-state index in [1.807, 2.05) is 42.6 Å². The fraction of sp³-hybridized carbons (Fsp3) is 0.108. The molecule has 0 bridgehead atoms. The molecule has 0 aliphatic rings. The van der Waals surface area contributed by atoms with Crippen molar-refractivity contribution < 1.29 is 9.84 Å². The lowest BCUT2D eigenvalue weighted by Gasteiger charge is -2.26. The van der Waals surface area contributed by atoms with Crippen molar-refractivity contribution in [2.45, 2.75) is 26.2 Å². The lowest BCUT2D eigenvalue weighted by Crippen LogP contribution is -2.16. The van der Waals surface area contributed by atoms with E-state index in [1.165, 1.54) is 5.56 Å². The molecule has 204 valence electrons. The molecule has 0 aliphatic heterocycles. The van der Waals surface area contributed by atoms with Gasteiger partial charge >= 0.3 is 0 Å². The van der Waals surface area contributed by atoms with Crippen LogP contribution in [0.2, 0.25) is 0 Å². The van der Waals surface area contributed by atoms with Gasteiger partial charge in [-0.15, -0.1) is 0 Å². The van der Waals surface area contributed by atoms with E-state index in [4.69, 9.17) is 9.73 Å². The van der Waals surface area contributed by atoms with Gasteiger partial charge in [-0.05, 0) is 84.6 Å². The summed E-state index contributed by atoms with van der Waals surface area (Å²) < 4.78 is 5.59. The Kier molecular flexibility index (Phi) is 8.73. The Labute approximate surface area is 242 Å². The van der Waals surface area contributed by atoms with Gasteiger partial charge in [0, 0.05) is 23.3 Å². The number of aliphatic imine (C=N–C) groups is 1. The van der Waals surface area contributed by atoms with Crippen LogP contribution in [0.4, 0.5) is 17.1 Å². The van der Waals surface area contributed by atoms with Crippen LogP contribution in [0.15, 0.2) is 151 Å². The van der Waals surface area contributed by atoms with E-state index >= 15 is 0 Å². The van der Waals surface area contributed by atoms with E-state index in [2.05, 4.69) is 115 Å². The number of hydrogen-bond acceptors (Lipinski definition) is 4. The summed E-state index contributed by atoms with van der Waals surface area (Å²) in [6.07, 6.45) is 0.913. The monoisotopic (exact) mass is 538 g/mol. The van der Waals surface area contributed by atoms with Gasteiger partial charge in [0.05, 0.1) is 6.04 Å². The van der Waals surface area contributed by atoms with E-state index < -0.39 is 6.29 Å². The Bertz CT molecular complexity index is 1540. The van der Waals surface area contributed by atoms with E-state index in [0.29, 0.717) is 11.3 Å². The molecule has 0 amide bonds. The van der Waals surface area contributed by atoms with Gasteiger partial charge in [0.2, 0.25) is 6.29 Å². The van der Waals surface area contributed by atoms with Crippen molar-refractivity contribution >= 4 is 23.3 Å². The van der Waals surface area contributed by atoms with Crippen molar-refractivity contribution in [3.05, 3.63) is 168 Å². The molecule has 1 atom stereocenters. The largest absolute Gasteiger partial charge is 0.461 e. The molecule has 0 spiro atoms. The molecule has 0 fully saturated rings. The van der Waals surface area contributed by atoms with Crippen LogP contribution in [0.1, 0.15) is 35.2 Å². The molecule has 0 saturated carbocycles. The van der Waals surface area contributed by atoms with Crippen molar-refractivity contribution in [2.75, 3.05) is 4.90 Å². The third-order valence-electron chi connectivity index (χ3n) is 6.81. The Morgan fingerprint density at radius 3 is 1.66 bits per heavy atom. The predicted molar refractivity (Wildman–Crippen MR) is 170 cm³/mol. The summed E-state index contributed by atoms with van der Waals surface area (Å²) in [7, 11) is 0. The lowest BCUT2D eigenvalue weighted by atomic mass is 9.99. The molecule has 41 heavy (non-hydrogen) atoms. The number of aliphatic hydroxyl groups excluding tert-OH is 1.